The van der Waals surface area contributed by atoms with E-state index in [1.807, 2.05) is 6.08 Å². The van der Waals surface area contributed by atoms with E-state index in [1.165, 1.54) is 6.42 Å². The zero-order chi connectivity index (χ0) is 10.4. The molecule has 0 radical (unpaired) electrons. The van der Waals surface area contributed by atoms with Crippen LogP contribution < -0.4 is 0 Å². The third kappa shape index (κ3) is 1.41. The number of hydrogen-bond donors (Lipinski definition) is 0. The summed E-state index contributed by atoms with van der Waals surface area (Å²) in [5, 5.41) is 0. The summed E-state index contributed by atoms with van der Waals surface area (Å²) in [6.45, 7) is 8.20. The number of methoxy groups -OCH3 is 1. The van der Waals surface area contributed by atoms with Crippen molar-refractivity contribution in [2.75, 3.05) is 7.11 Å². The summed E-state index contributed by atoms with van der Waals surface area (Å²) in [4.78, 5) is 0. The van der Waals surface area contributed by atoms with Crippen LogP contribution in [0.25, 0.3) is 0 Å². The molecule has 2 heteroatoms. The summed E-state index contributed by atoms with van der Waals surface area (Å²) in [5.41, 5.74) is 0.0274. The van der Waals surface area contributed by atoms with Crippen molar-refractivity contribution in [1.82, 2.24) is 0 Å². The highest BCUT2D eigenvalue weighted by molar-refractivity contribution is 5.09. The van der Waals surface area contributed by atoms with Gasteiger partial charge in [-0.3, -0.25) is 0 Å². The molecule has 1 aliphatic carbocycles. The van der Waals surface area contributed by atoms with Crippen molar-refractivity contribution in [2.24, 2.45) is 5.92 Å². The first-order valence-electron chi connectivity index (χ1n) is 5.40. The number of rotatable bonds is 3. The van der Waals surface area contributed by atoms with Gasteiger partial charge >= 0.3 is 0 Å². The van der Waals surface area contributed by atoms with Crippen LogP contribution in [-0.2, 0) is 9.47 Å². The lowest BCUT2D eigenvalue weighted by Gasteiger charge is -2.36. The van der Waals surface area contributed by atoms with Gasteiger partial charge in [0, 0.05) is 7.11 Å². The molecule has 2 aliphatic rings. The topological polar surface area (TPSA) is 21.8 Å². The van der Waals surface area contributed by atoms with Crippen LogP contribution in [0.4, 0.5) is 0 Å². The van der Waals surface area contributed by atoms with Gasteiger partial charge in [-0.1, -0.05) is 6.08 Å². The average molecular weight is 196 g/mol. The van der Waals surface area contributed by atoms with Crippen LogP contribution in [0.3, 0.4) is 0 Å². The molecule has 0 N–H and O–H groups in total. The SMILES string of the molecule is C=CC(C)(OC)[C@H]1CC[C@]2(C)OC2C1. The molecule has 1 aliphatic heterocycles. The molecule has 80 valence electrons. The molecule has 1 heterocycles. The molecule has 0 spiro atoms. The van der Waals surface area contributed by atoms with Crippen molar-refractivity contribution in [3.63, 3.8) is 0 Å². The van der Waals surface area contributed by atoms with Crippen LogP contribution in [0.5, 0.6) is 0 Å². The van der Waals surface area contributed by atoms with Crippen LogP contribution in [0.15, 0.2) is 12.7 Å². The van der Waals surface area contributed by atoms with Crippen LogP contribution in [0.1, 0.15) is 33.1 Å². The summed E-state index contributed by atoms with van der Waals surface area (Å²) < 4.78 is 11.2. The van der Waals surface area contributed by atoms with Crippen LogP contribution >= 0.6 is 0 Å². The quantitative estimate of drug-likeness (QED) is 0.511. The fourth-order valence-electron chi connectivity index (χ4n) is 2.58. The summed E-state index contributed by atoms with van der Waals surface area (Å²) in [6, 6.07) is 0. The lowest BCUT2D eigenvalue weighted by atomic mass is 9.74. The number of fused-ring (bicyclic) bond motifs is 1. The van der Waals surface area contributed by atoms with E-state index in [4.69, 9.17) is 9.47 Å². The molecule has 1 saturated carbocycles. The van der Waals surface area contributed by atoms with Gasteiger partial charge in [-0.25, -0.2) is 0 Å². The molecule has 2 unspecified atom stereocenters. The molecule has 0 aromatic rings. The molecule has 0 amide bonds. The van der Waals surface area contributed by atoms with E-state index in [0.29, 0.717) is 12.0 Å². The molecule has 2 fully saturated rings. The van der Waals surface area contributed by atoms with Gasteiger partial charge < -0.3 is 9.47 Å². The van der Waals surface area contributed by atoms with Crippen LogP contribution in [0, 0.1) is 5.92 Å². The Bertz CT molecular complexity index is 251. The van der Waals surface area contributed by atoms with Crippen molar-refractivity contribution in [2.45, 2.75) is 50.4 Å². The van der Waals surface area contributed by atoms with Gasteiger partial charge in [0.25, 0.3) is 0 Å². The summed E-state index contributed by atoms with van der Waals surface area (Å²) in [5.74, 6) is 0.561. The second kappa shape index (κ2) is 3.07. The maximum absolute atomic E-state index is 5.69. The second-order valence-corrected chi connectivity index (χ2v) is 4.98. The monoisotopic (exact) mass is 196 g/mol. The molecule has 0 bridgehead atoms. The summed E-state index contributed by atoms with van der Waals surface area (Å²) >= 11 is 0. The first-order valence-corrected chi connectivity index (χ1v) is 5.40. The van der Waals surface area contributed by atoms with E-state index in [0.717, 1.165) is 12.8 Å². The maximum atomic E-state index is 5.69. The highest BCUT2D eigenvalue weighted by Crippen LogP contribution is 2.51. The van der Waals surface area contributed by atoms with Crippen molar-refractivity contribution in [1.29, 1.82) is 0 Å². The number of epoxide rings is 1. The largest absolute Gasteiger partial charge is 0.374 e. The van der Waals surface area contributed by atoms with Gasteiger partial charge in [-0.2, -0.15) is 0 Å². The number of ether oxygens (including phenoxy) is 2. The Kier molecular flexibility index (Phi) is 2.24. The van der Waals surface area contributed by atoms with Crippen LogP contribution in [0.2, 0.25) is 0 Å². The molecule has 2 nitrogen and oxygen atoms in total. The Hall–Kier alpha value is -0.340. The van der Waals surface area contributed by atoms with Crippen LogP contribution in [-0.4, -0.2) is 24.4 Å². The van der Waals surface area contributed by atoms with E-state index in [9.17, 15) is 0 Å². The lowest BCUT2D eigenvalue weighted by molar-refractivity contribution is -0.0146. The Morgan fingerprint density at radius 1 is 1.64 bits per heavy atom. The van der Waals surface area contributed by atoms with Gasteiger partial charge in [-0.05, 0) is 39.0 Å². The first-order chi connectivity index (χ1) is 6.54. The highest BCUT2D eigenvalue weighted by atomic mass is 16.6. The molecular weight excluding hydrogens is 176 g/mol. The minimum absolute atomic E-state index is 0.173. The smallest absolute Gasteiger partial charge is 0.0920 e. The minimum Gasteiger partial charge on any atom is -0.374 e. The Morgan fingerprint density at radius 3 is 2.86 bits per heavy atom. The maximum Gasteiger partial charge on any atom is 0.0920 e. The van der Waals surface area contributed by atoms with Gasteiger partial charge in [0.2, 0.25) is 0 Å². The molecule has 0 aromatic heterocycles. The molecule has 2 rings (SSSR count). The fourth-order valence-corrected chi connectivity index (χ4v) is 2.58. The zero-order valence-corrected chi connectivity index (χ0v) is 9.38. The van der Waals surface area contributed by atoms with Crippen molar-refractivity contribution < 1.29 is 9.47 Å². The predicted octanol–water partition coefficient (Wildman–Crippen LogP) is 2.54. The Morgan fingerprint density at radius 2 is 2.36 bits per heavy atom. The van der Waals surface area contributed by atoms with E-state index in [2.05, 4.69) is 20.4 Å². The highest BCUT2D eigenvalue weighted by Gasteiger charge is 2.57. The third-order valence-electron chi connectivity index (χ3n) is 4.18. The van der Waals surface area contributed by atoms with Crippen molar-refractivity contribution in [3.8, 4) is 0 Å². The molecule has 4 atom stereocenters. The minimum atomic E-state index is -0.173. The molecular formula is C12H20O2. The molecule has 1 saturated heterocycles. The Balaban J connectivity index is 2.03. The standard InChI is InChI=1S/C12H20O2/c1-5-11(2,13-4)9-6-7-12(3)10(8-9)14-12/h5,9-10H,1,6-8H2,2-4H3/t9-,10?,11?,12-/m0/s1. The van der Waals surface area contributed by atoms with Gasteiger partial charge in [0.05, 0.1) is 17.3 Å². The third-order valence-corrected chi connectivity index (χ3v) is 4.18. The molecule has 14 heavy (non-hydrogen) atoms. The average Bonchev–Trinajstić information content (AvgIpc) is 2.87. The lowest BCUT2D eigenvalue weighted by Crippen LogP contribution is -2.38. The van der Waals surface area contributed by atoms with E-state index in [-0.39, 0.29) is 11.2 Å². The van der Waals surface area contributed by atoms with Gasteiger partial charge in [-0.15, -0.1) is 6.58 Å². The number of hydrogen-bond acceptors (Lipinski definition) is 2. The molecule has 0 aromatic carbocycles. The van der Waals surface area contributed by atoms with Gasteiger partial charge in [0.15, 0.2) is 0 Å². The van der Waals surface area contributed by atoms with E-state index >= 15 is 0 Å². The second-order valence-electron chi connectivity index (χ2n) is 4.98. The van der Waals surface area contributed by atoms with Crippen molar-refractivity contribution in [3.05, 3.63) is 12.7 Å². The van der Waals surface area contributed by atoms with E-state index in [1.54, 1.807) is 7.11 Å². The van der Waals surface area contributed by atoms with Gasteiger partial charge in [0.1, 0.15) is 0 Å². The first kappa shape index (κ1) is 10.2. The normalized spacial score (nSPS) is 45.1. The fraction of sp³-hybridized carbons (Fsp3) is 0.833. The summed E-state index contributed by atoms with van der Waals surface area (Å²) in [6.07, 6.45) is 5.87. The predicted molar refractivity (Wildman–Crippen MR) is 56.2 cm³/mol. The van der Waals surface area contributed by atoms with E-state index < -0.39 is 0 Å². The summed E-state index contributed by atoms with van der Waals surface area (Å²) in [7, 11) is 1.77. The zero-order valence-electron chi connectivity index (χ0n) is 9.38. The Labute approximate surface area is 86.3 Å². The van der Waals surface area contributed by atoms with Crippen molar-refractivity contribution >= 4 is 0 Å².